The molecule has 0 bridgehead atoms. The SMILES string of the molecule is Cn1c(=O)c2c(ncn2CCCC(=O)Nc2c(F)cc(F)cc2Br)n(C)c1=O. The van der Waals surface area contributed by atoms with Gasteiger partial charge in [0.15, 0.2) is 17.0 Å². The van der Waals surface area contributed by atoms with Crippen molar-refractivity contribution >= 4 is 38.7 Å². The third-order valence-electron chi connectivity index (χ3n) is 4.29. The maximum atomic E-state index is 13.8. The van der Waals surface area contributed by atoms with E-state index in [4.69, 9.17) is 0 Å². The van der Waals surface area contributed by atoms with Crippen molar-refractivity contribution in [1.29, 1.82) is 0 Å². The average molecular weight is 456 g/mol. The molecular weight excluding hydrogens is 440 g/mol. The lowest BCUT2D eigenvalue weighted by molar-refractivity contribution is -0.116. The number of rotatable bonds is 5. The minimum absolute atomic E-state index is 0.0367. The van der Waals surface area contributed by atoms with Gasteiger partial charge in [-0.3, -0.25) is 18.7 Å². The zero-order valence-corrected chi connectivity index (χ0v) is 16.6. The van der Waals surface area contributed by atoms with E-state index in [1.54, 1.807) is 4.57 Å². The van der Waals surface area contributed by atoms with E-state index < -0.39 is 28.8 Å². The number of benzene rings is 1. The van der Waals surface area contributed by atoms with Crippen LogP contribution < -0.4 is 16.6 Å². The van der Waals surface area contributed by atoms with E-state index >= 15 is 0 Å². The Kier molecular flexibility index (Phi) is 5.45. The predicted molar refractivity (Wildman–Crippen MR) is 102 cm³/mol. The van der Waals surface area contributed by atoms with Crippen LogP contribution in [0.2, 0.25) is 0 Å². The van der Waals surface area contributed by atoms with Gasteiger partial charge in [0.05, 0.1) is 12.0 Å². The first kappa shape index (κ1) is 19.9. The maximum absolute atomic E-state index is 13.8. The molecule has 8 nitrogen and oxygen atoms in total. The summed E-state index contributed by atoms with van der Waals surface area (Å²) in [6, 6.07) is 1.73. The Morgan fingerprint density at radius 2 is 1.93 bits per heavy atom. The molecule has 2 heterocycles. The Morgan fingerprint density at radius 1 is 1.21 bits per heavy atom. The van der Waals surface area contributed by atoms with Crippen LogP contribution in [-0.2, 0) is 25.4 Å². The van der Waals surface area contributed by atoms with E-state index in [0.29, 0.717) is 19.0 Å². The van der Waals surface area contributed by atoms with Gasteiger partial charge in [-0.05, 0) is 28.4 Å². The number of aryl methyl sites for hydroxylation is 2. The maximum Gasteiger partial charge on any atom is 0.332 e. The lowest BCUT2D eigenvalue weighted by Crippen LogP contribution is -2.37. The minimum atomic E-state index is -0.884. The molecule has 0 spiro atoms. The Bertz CT molecular complexity index is 1170. The van der Waals surface area contributed by atoms with Gasteiger partial charge in [0, 0.05) is 37.6 Å². The van der Waals surface area contributed by atoms with Crippen molar-refractivity contribution < 1.29 is 13.6 Å². The molecule has 0 unspecified atom stereocenters. The van der Waals surface area contributed by atoms with Gasteiger partial charge in [-0.15, -0.1) is 0 Å². The number of halogens is 3. The molecule has 0 fully saturated rings. The van der Waals surface area contributed by atoms with E-state index in [9.17, 15) is 23.2 Å². The van der Waals surface area contributed by atoms with E-state index in [-0.39, 0.29) is 27.7 Å². The molecular formula is C17H16BrF2N5O3. The molecule has 1 aromatic carbocycles. The van der Waals surface area contributed by atoms with Crippen LogP contribution in [0.1, 0.15) is 12.8 Å². The first-order valence-electron chi connectivity index (χ1n) is 8.26. The summed E-state index contributed by atoms with van der Waals surface area (Å²) in [5, 5.41) is 2.40. The topological polar surface area (TPSA) is 90.9 Å². The second kappa shape index (κ2) is 7.66. The molecule has 0 radical (unpaired) electrons. The number of carbonyl (C=O) groups is 1. The molecule has 0 saturated carbocycles. The molecule has 0 aliphatic carbocycles. The number of hydrogen-bond donors (Lipinski definition) is 1. The number of anilines is 1. The highest BCUT2D eigenvalue weighted by atomic mass is 79.9. The lowest BCUT2D eigenvalue weighted by Gasteiger charge is -2.09. The number of nitrogens with zero attached hydrogens (tertiary/aromatic N) is 4. The molecule has 1 amide bonds. The Balaban J connectivity index is 1.72. The van der Waals surface area contributed by atoms with Gasteiger partial charge in [0.2, 0.25) is 5.91 Å². The molecule has 3 rings (SSSR count). The zero-order chi connectivity index (χ0) is 20.6. The van der Waals surface area contributed by atoms with Gasteiger partial charge in [0.25, 0.3) is 5.56 Å². The van der Waals surface area contributed by atoms with Crippen LogP contribution in [0.5, 0.6) is 0 Å². The fraction of sp³-hybridized carbons (Fsp3) is 0.294. The van der Waals surface area contributed by atoms with E-state index in [1.807, 2.05) is 0 Å². The third-order valence-corrected chi connectivity index (χ3v) is 4.92. The van der Waals surface area contributed by atoms with Gasteiger partial charge in [-0.1, -0.05) is 0 Å². The number of carbonyl (C=O) groups excluding carboxylic acids is 1. The van der Waals surface area contributed by atoms with Crippen LogP contribution in [0.3, 0.4) is 0 Å². The van der Waals surface area contributed by atoms with Gasteiger partial charge < -0.3 is 9.88 Å². The molecule has 3 aromatic rings. The number of amides is 1. The zero-order valence-electron chi connectivity index (χ0n) is 15.0. The number of nitrogens with one attached hydrogen (secondary N) is 1. The summed E-state index contributed by atoms with van der Waals surface area (Å²) in [7, 11) is 2.90. The molecule has 28 heavy (non-hydrogen) atoms. The summed E-state index contributed by atoms with van der Waals surface area (Å²) in [5.41, 5.74) is -0.568. The second-order valence-corrected chi connectivity index (χ2v) is 7.07. The van der Waals surface area contributed by atoms with Crippen LogP contribution in [0.4, 0.5) is 14.5 Å². The summed E-state index contributed by atoms with van der Waals surface area (Å²) in [5.74, 6) is -2.11. The average Bonchev–Trinajstić information content (AvgIpc) is 3.05. The monoisotopic (exact) mass is 455 g/mol. The summed E-state index contributed by atoms with van der Waals surface area (Å²) in [6.45, 7) is 0.296. The number of hydrogen-bond acceptors (Lipinski definition) is 4. The van der Waals surface area contributed by atoms with Gasteiger partial charge >= 0.3 is 5.69 Å². The van der Waals surface area contributed by atoms with Crippen LogP contribution in [-0.4, -0.2) is 24.6 Å². The fourth-order valence-corrected chi connectivity index (χ4v) is 3.35. The third kappa shape index (κ3) is 3.61. The first-order valence-corrected chi connectivity index (χ1v) is 9.05. The molecule has 0 aliphatic rings. The quantitative estimate of drug-likeness (QED) is 0.635. The Morgan fingerprint density at radius 3 is 2.61 bits per heavy atom. The molecule has 0 saturated heterocycles. The summed E-state index contributed by atoms with van der Waals surface area (Å²) >= 11 is 3.01. The van der Waals surface area contributed by atoms with Crippen molar-refractivity contribution in [3.63, 3.8) is 0 Å². The van der Waals surface area contributed by atoms with Crippen molar-refractivity contribution in [2.24, 2.45) is 14.1 Å². The van der Waals surface area contributed by atoms with Crippen LogP contribution in [0, 0.1) is 11.6 Å². The highest BCUT2D eigenvalue weighted by Gasteiger charge is 2.15. The number of fused-ring (bicyclic) bond motifs is 1. The summed E-state index contributed by atoms with van der Waals surface area (Å²) in [4.78, 5) is 40.5. The Labute approximate surface area is 165 Å². The summed E-state index contributed by atoms with van der Waals surface area (Å²) < 4.78 is 30.8. The van der Waals surface area contributed by atoms with E-state index in [0.717, 1.165) is 10.6 Å². The normalized spacial score (nSPS) is 11.2. The highest BCUT2D eigenvalue weighted by molar-refractivity contribution is 9.10. The number of imidazole rings is 1. The van der Waals surface area contributed by atoms with Gasteiger partial charge in [-0.25, -0.2) is 18.6 Å². The smallest absolute Gasteiger partial charge is 0.325 e. The molecule has 0 atom stereocenters. The molecule has 148 valence electrons. The van der Waals surface area contributed by atoms with Crippen molar-refractivity contribution in [3.8, 4) is 0 Å². The van der Waals surface area contributed by atoms with Crippen molar-refractivity contribution in [3.05, 3.63) is 55.4 Å². The van der Waals surface area contributed by atoms with Gasteiger partial charge in [-0.2, -0.15) is 0 Å². The van der Waals surface area contributed by atoms with Crippen LogP contribution in [0.25, 0.3) is 11.2 Å². The molecule has 1 N–H and O–H groups in total. The molecule has 0 aliphatic heterocycles. The van der Waals surface area contributed by atoms with Crippen molar-refractivity contribution in [1.82, 2.24) is 18.7 Å². The molecule has 2 aromatic heterocycles. The largest absolute Gasteiger partial charge is 0.332 e. The van der Waals surface area contributed by atoms with Gasteiger partial charge in [0.1, 0.15) is 5.82 Å². The first-order chi connectivity index (χ1) is 13.2. The van der Waals surface area contributed by atoms with Crippen molar-refractivity contribution in [2.75, 3.05) is 5.32 Å². The highest BCUT2D eigenvalue weighted by Crippen LogP contribution is 2.27. The van der Waals surface area contributed by atoms with Crippen LogP contribution in [0.15, 0.2) is 32.5 Å². The number of aromatic nitrogens is 4. The van der Waals surface area contributed by atoms with E-state index in [2.05, 4.69) is 26.2 Å². The summed E-state index contributed by atoms with van der Waals surface area (Å²) in [6.07, 6.45) is 1.80. The minimum Gasteiger partial charge on any atom is -0.325 e. The van der Waals surface area contributed by atoms with Crippen molar-refractivity contribution in [2.45, 2.75) is 19.4 Å². The standard InChI is InChI=1S/C17H16BrF2N5O3/c1-23-15-14(16(27)24(2)17(23)28)25(8-21-15)5-3-4-12(26)22-13-10(18)6-9(19)7-11(13)20/h6-8H,3-5H2,1-2H3,(H,22,26). The predicted octanol–water partition coefficient (Wildman–Crippen LogP) is 1.89. The molecule has 11 heteroatoms. The second-order valence-electron chi connectivity index (χ2n) is 6.21. The fourth-order valence-electron chi connectivity index (χ4n) is 2.84. The van der Waals surface area contributed by atoms with E-state index in [1.165, 1.54) is 25.0 Å². The lowest BCUT2D eigenvalue weighted by atomic mass is 10.2. The van der Waals surface area contributed by atoms with Crippen LogP contribution >= 0.6 is 15.9 Å². The Hall–Kier alpha value is -2.82.